The molecule has 1 fully saturated rings. The quantitative estimate of drug-likeness (QED) is 0.597. The molecule has 0 bridgehead atoms. The number of carboxylic acid groups (broad SMARTS) is 1. The zero-order chi connectivity index (χ0) is 9.14. The first-order valence-electron chi connectivity index (χ1n) is 3.72. The van der Waals surface area contributed by atoms with Gasteiger partial charge in [-0.2, -0.15) is 0 Å². The highest BCUT2D eigenvalue weighted by molar-refractivity contribution is 5.72. The lowest BCUT2D eigenvalue weighted by molar-refractivity contribution is -0.213. The summed E-state index contributed by atoms with van der Waals surface area (Å²) in [4.78, 5) is 10.5. The molecule has 70 valence electrons. The number of rotatable bonds is 2. The molecule has 5 nitrogen and oxygen atoms in total. The van der Waals surface area contributed by atoms with Gasteiger partial charge in [0.2, 0.25) is 0 Å². The Labute approximate surface area is 69.9 Å². The Morgan fingerprint density at radius 1 is 1.58 bits per heavy atom. The number of aliphatic carboxylic acids is 1. The van der Waals surface area contributed by atoms with Crippen LogP contribution in [0.4, 0.5) is 0 Å². The van der Waals surface area contributed by atoms with Crippen molar-refractivity contribution in [3.63, 3.8) is 0 Å². The number of aliphatic hydroxyl groups is 1. The van der Waals surface area contributed by atoms with Gasteiger partial charge in [-0.05, 0) is 0 Å². The van der Waals surface area contributed by atoms with E-state index >= 15 is 0 Å². The molecule has 0 aromatic rings. The summed E-state index contributed by atoms with van der Waals surface area (Å²) in [5.74, 6) is -1.06. The van der Waals surface area contributed by atoms with E-state index in [-0.39, 0.29) is 6.42 Å². The number of carboxylic acids is 1. The smallest absolute Gasteiger partial charge is 0.333 e. The fraction of sp³-hybridized carbons (Fsp3) is 0.857. The maximum Gasteiger partial charge on any atom is 0.333 e. The first kappa shape index (κ1) is 9.44. The Bertz CT molecular complexity index is 169. The van der Waals surface area contributed by atoms with E-state index in [2.05, 4.69) is 0 Å². The maximum atomic E-state index is 10.5. The third kappa shape index (κ3) is 2.17. The number of carbonyl (C=O) groups is 1. The molecule has 0 aromatic heterocycles. The number of methoxy groups -OCH3 is 1. The number of ether oxygens (including phenoxy) is 2. The molecule has 0 radical (unpaired) electrons. The highest BCUT2D eigenvalue weighted by Crippen LogP contribution is 2.19. The van der Waals surface area contributed by atoms with E-state index in [0.717, 1.165) is 0 Å². The minimum atomic E-state index is -1.06. The van der Waals surface area contributed by atoms with Crippen LogP contribution in [0.15, 0.2) is 0 Å². The van der Waals surface area contributed by atoms with Crippen LogP contribution < -0.4 is 0 Å². The van der Waals surface area contributed by atoms with Crippen LogP contribution in [0.25, 0.3) is 0 Å². The Morgan fingerprint density at radius 3 is 2.75 bits per heavy atom. The molecule has 1 saturated heterocycles. The number of aliphatic hydroxyl groups excluding tert-OH is 1. The summed E-state index contributed by atoms with van der Waals surface area (Å²) in [5.41, 5.74) is 0. The minimum Gasteiger partial charge on any atom is -0.479 e. The standard InChI is InChI=1S/C7H12O5/c1-11-6-3-4(8)2-5(12-6)7(9)10/h4-6,8H,2-3H2,1H3,(H,9,10)/t4?,5-,6?/m0/s1. The van der Waals surface area contributed by atoms with Crippen LogP contribution in [-0.4, -0.2) is 41.8 Å². The topological polar surface area (TPSA) is 76.0 Å². The normalized spacial score (nSPS) is 36.3. The van der Waals surface area contributed by atoms with E-state index in [0.29, 0.717) is 6.42 Å². The summed E-state index contributed by atoms with van der Waals surface area (Å²) in [6.45, 7) is 0. The van der Waals surface area contributed by atoms with Gasteiger partial charge in [-0.3, -0.25) is 0 Å². The molecule has 2 unspecified atom stereocenters. The van der Waals surface area contributed by atoms with Crippen molar-refractivity contribution in [1.29, 1.82) is 0 Å². The fourth-order valence-corrected chi connectivity index (χ4v) is 1.17. The first-order chi connectivity index (χ1) is 5.63. The van der Waals surface area contributed by atoms with Crippen molar-refractivity contribution >= 4 is 5.97 Å². The Kier molecular flexibility index (Phi) is 3.02. The van der Waals surface area contributed by atoms with Crippen molar-refractivity contribution in [3.05, 3.63) is 0 Å². The lowest BCUT2D eigenvalue weighted by atomic mass is 10.1. The molecule has 12 heavy (non-hydrogen) atoms. The van der Waals surface area contributed by atoms with Crippen LogP contribution >= 0.6 is 0 Å². The third-order valence-electron chi connectivity index (χ3n) is 1.81. The van der Waals surface area contributed by atoms with Gasteiger partial charge in [-0.25, -0.2) is 4.79 Å². The van der Waals surface area contributed by atoms with Crippen molar-refractivity contribution < 1.29 is 24.5 Å². The molecule has 1 heterocycles. The summed E-state index contributed by atoms with van der Waals surface area (Å²) in [5, 5.41) is 17.8. The molecule has 1 rings (SSSR count). The molecule has 1 aliphatic rings. The molecular formula is C7H12O5. The molecule has 0 aliphatic carbocycles. The maximum absolute atomic E-state index is 10.5. The molecule has 2 N–H and O–H groups in total. The zero-order valence-corrected chi connectivity index (χ0v) is 6.77. The van der Waals surface area contributed by atoms with Gasteiger partial charge in [0.1, 0.15) is 0 Å². The second-order valence-electron chi connectivity index (χ2n) is 2.75. The lowest BCUT2D eigenvalue weighted by Gasteiger charge is -2.29. The van der Waals surface area contributed by atoms with Crippen LogP contribution in [0.3, 0.4) is 0 Å². The van der Waals surface area contributed by atoms with E-state index in [4.69, 9.17) is 14.6 Å². The molecule has 5 heteroatoms. The highest BCUT2D eigenvalue weighted by atomic mass is 16.7. The zero-order valence-electron chi connectivity index (χ0n) is 6.77. The van der Waals surface area contributed by atoms with Gasteiger partial charge >= 0.3 is 5.97 Å². The molecular weight excluding hydrogens is 164 g/mol. The van der Waals surface area contributed by atoms with E-state index in [1.165, 1.54) is 7.11 Å². The first-order valence-corrected chi connectivity index (χ1v) is 3.72. The summed E-state index contributed by atoms with van der Waals surface area (Å²) in [6.07, 6.45) is -1.73. The van der Waals surface area contributed by atoms with Gasteiger partial charge in [0.25, 0.3) is 0 Å². The van der Waals surface area contributed by atoms with Crippen molar-refractivity contribution in [2.45, 2.75) is 31.3 Å². The molecule has 0 amide bonds. The second-order valence-corrected chi connectivity index (χ2v) is 2.75. The van der Waals surface area contributed by atoms with E-state index in [1.54, 1.807) is 0 Å². The van der Waals surface area contributed by atoms with Crippen LogP contribution in [0.2, 0.25) is 0 Å². The number of hydrogen-bond donors (Lipinski definition) is 2. The Hall–Kier alpha value is -0.650. The van der Waals surface area contributed by atoms with Crippen molar-refractivity contribution in [2.24, 2.45) is 0 Å². The monoisotopic (exact) mass is 176 g/mol. The van der Waals surface area contributed by atoms with Crippen LogP contribution in [0, 0.1) is 0 Å². The van der Waals surface area contributed by atoms with Gasteiger partial charge in [0, 0.05) is 20.0 Å². The Morgan fingerprint density at radius 2 is 2.25 bits per heavy atom. The molecule has 1 aliphatic heterocycles. The molecule has 0 saturated carbocycles. The predicted molar refractivity (Wildman–Crippen MR) is 38.5 cm³/mol. The van der Waals surface area contributed by atoms with Gasteiger partial charge in [-0.1, -0.05) is 0 Å². The predicted octanol–water partition coefficient (Wildman–Crippen LogP) is -0.417. The van der Waals surface area contributed by atoms with Crippen LogP contribution in [-0.2, 0) is 14.3 Å². The third-order valence-corrected chi connectivity index (χ3v) is 1.81. The summed E-state index contributed by atoms with van der Waals surface area (Å²) in [7, 11) is 1.42. The summed E-state index contributed by atoms with van der Waals surface area (Å²) in [6, 6.07) is 0. The largest absolute Gasteiger partial charge is 0.479 e. The second kappa shape index (κ2) is 3.84. The summed E-state index contributed by atoms with van der Waals surface area (Å²) < 4.78 is 9.78. The lowest BCUT2D eigenvalue weighted by Crippen LogP contribution is -2.40. The van der Waals surface area contributed by atoms with E-state index in [9.17, 15) is 9.90 Å². The van der Waals surface area contributed by atoms with E-state index < -0.39 is 24.5 Å². The molecule has 3 atom stereocenters. The molecule has 0 aromatic carbocycles. The SMILES string of the molecule is COC1CC(O)C[C@@H](C(=O)O)O1. The van der Waals surface area contributed by atoms with E-state index in [1.807, 2.05) is 0 Å². The van der Waals surface area contributed by atoms with Crippen molar-refractivity contribution in [2.75, 3.05) is 7.11 Å². The van der Waals surface area contributed by atoms with Gasteiger partial charge in [-0.15, -0.1) is 0 Å². The van der Waals surface area contributed by atoms with Crippen molar-refractivity contribution in [3.8, 4) is 0 Å². The minimum absolute atomic E-state index is 0.134. The molecule has 0 spiro atoms. The van der Waals surface area contributed by atoms with Gasteiger partial charge in [0.15, 0.2) is 12.4 Å². The average molecular weight is 176 g/mol. The van der Waals surface area contributed by atoms with Crippen LogP contribution in [0.5, 0.6) is 0 Å². The Balaban J connectivity index is 2.51. The van der Waals surface area contributed by atoms with Gasteiger partial charge in [0.05, 0.1) is 6.10 Å². The average Bonchev–Trinajstić information content (AvgIpc) is 2.03. The van der Waals surface area contributed by atoms with Crippen molar-refractivity contribution in [1.82, 2.24) is 0 Å². The summed E-state index contributed by atoms with van der Waals surface area (Å²) >= 11 is 0. The fourth-order valence-electron chi connectivity index (χ4n) is 1.17. The highest BCUT2D eigenvalue weighted by Gasteiger charge is 2.32. The number of hydrogen-bond acceptors (Lipinski definition) is 4. The van der Waals surface area contributed by atoms with Gasteiger partial charge < -0.3 is 19.7 Å². The van der Waals surface area contributed by atoms with Crippen LogP contribution in [0.1, 0.15) is 12.8 Å².